The Morgan fingerprint density at radius 1 is 0.933 bits per heavy atom. The maximum absolute atomic E-state index is 12.9. The molecular formula is C21H20N4O5. The fraction of sp³-hybridized carbons (Fsp3) is 0.190. The van der Waals surface area contributed by atoms with Crippen LogP contribution >= 0.6 is 0 Å². The zero-order valence-electron chi connectivity index (χ0n) is 16.9. The minimum Gasteiger partial charge on any atom is -0.497 e. The first kappa shape index (κ1) is 19.3. The number of amides is 1. The van der Waals surface area contributed by atoms with Gasteiger partial charge in [-0.3, -0.25) is 9.89 Å². The number of carbonyl (C=O) groups excluding carboxylic acids is 1. The van der Waals surface area contributed by atoms with E-state index in [0.717, 1.165) is 16.7 Å². The molecule has 154 valence electrons. The second kappa shape index (κ2) is 7.78. The van der Waals surface area contributed by atoms with Gasteiger partial charge in [-0.2, -0.15) is 5.10 Å². The summed E-state index contributed by atoms with van der Waals surface area (Å²) >= 11 is 0. The summed E-state index contributed by atoms with van der Waals surface area (Å²) in [6, 6.07) is 10.6. The number of fused-ring (bicyclic) bond motifs is 2. The van der Waals surface area contributed by atoms with Crippen molar-refractivity contribution >= 4 is 33.7 Å². The molecule has 4 aromatic rings. The van der Waals surface area contributed by atoms with Crippen LogP contribution in [-0.2, 0) is 0 Å². The molecule has 0 aliphatic heterocycles. The van der Waals surface area contributed by atoms with Crippen LogP contribution in [0.3, 0.4) is 0 Å². The smallest absolute Gasteiger partial charge is 0.257 e. The second-order valence-corrected chi connectivity index (χ2v) is 6.38. The van der Waals surface area contributed by atoms with Crippen LogP contribution in [0, 0.1) is 0 Å². The number of ether oxygens (including phenoxy) is 4. The van der Waals surface area contributed by atoms with Crippen molar-refractivity contribution in [3.63, 3.8) is 0 Å². The number of methoxy groups -OCH3 is 4. The molecule has 2 aromatic heterocycles. The van der Waals surface area contributed by atoms with Crippen molar-refractivity contribution in [2.24, 2.45) is 0 Å². The summed E-state index contributed by atoms with van der Waals surface area (Å²) in [7, 11) is 6.09. The molecule has 0 aliphatic carbocycles. The highest BCUT2D eigenvalue weighted by atomic mass is 16.5. The van der Waals surface area contributed by atoms with E-state index in [1.54, 1.807) is 19.2 Å². The highest BCUT2D eigenvalue weighted by Crippen LogP contribution is 2.38. The van der Waals surface area contributed by atoms with Gasteiger partial charge in [-0.05, 0) is 36.4 Å². The number of aromatic amines is 1. The van der Waals surface area contributed by atoms with E-state index in [2.05, 4.69) is 20.5 Å². The van der Waals surface area contributed by atoms with Crippen molar-refractivity contribution < 1.29 is 23.7 Å². The number of anilines is 1. The summed E-state index contributed by atoms with van der Waals surface area (Å²) in [6.07, 6.45) is 0. The molecular weight excluding hydrogens is 388 g/mol. The number of nitrogens with zero attached hydrogens (tertiary/aromatic N) is 2. The molecule has 4 rings (SSSR count). The van der Waals surface area contributed by atoms with Gasteiger partial charge in [0.15, 0.2) is 23.0 Å². The summed E-state index contributed by atoms with van der Waals surface area (Å²) in [5.41, 5.74) is 1.68. The highest BCUT2D eigenvalue weighted by Gasteiger charge is 2.19. The van der Waals surface area contributed by atoms with E-state index in [0.29, 0.717) is 39.7 Å². The van der Waals surface area contributed by atoms with Gasteiger partial charge in [0.05, 0.1) is 39.3 Å². The van der Waals surface area contributed by atoms with E-state index in [1.807, 2.05) is 24.3 Å². The lowest BCUT2D eigenvalue weighted by molar-refractivity contribution is 0.102. The Morgan fingerprint density at radius 2 is 1.67 bits per heavy atom. The van der Waals surface area contributed by atoms with E-state index in [9.17, 15) is 4.79 Å². The van der Waals surface area contributed by atoms with Gasteiger partial charge in [-0.25, -0.2) is 4.98 Å². The van der Waals surface area contributed by atoms with Crippen molar-refractivity contribution in [1.29, 1.82) is 0 Å². The lowest BCUT2D eigenvalue weighted by atomic mass is 10.1. The standard InChI is InChI=1S/C21H20N4O5/c1-27-13-5-6-15-11(7-13)8-14-19(22-15)24-25-20(14)23-21(26)12-9-16(28-2)18(30-4)17(10-12)29-3/h5-10H,1-4H3,(H2,22,23,24,25,26). The Hall–Kier alpha value is -4.01. The summed E-state index contributed by atoms with van der Waals surface area (Å²) < 4.78 is 21.2. The zero-order valence-corrected chi connectivity index (χ0v) is 16.9. The van der Waals surface area contributed by atoms with Gasteiger partial charge in [-0.15, -0.1) is 0 Å². The Labute approximate surface area is 171 Å². The number of pyridine rings is 1. The molecule has 0 aliphatic rings. The Bertz CT molecular complexity index is 1230. The Morgan fingerprint density at radius 3 is 2.30 bits per heavy atom. The molecule has 0 atom stereocenters. The second-order valence-electron chi connectivity index (χ2n) is 6.38. The predicted molar refractivity (Wildman–Crippen MR) is 112 cm³/mol. The Kier molecular flexibility index (Phi) is 5.01. The normalized spacial score (nSPS) is 10.8. The summed E-state index contributed by atoms with van der Waals surface area (Å²) in [4.78, 5) is 17.4. The molecule has 0 bridgehead atoms. The molecule has 30 heavy (non-hydrogen) atoms. The monoisotopic (exact) mass is 408 g/mol. The topological polar surface area (TPSA) is 108 Å². The Balaban J connectivity index is 1.71. The third kappa shape index (κ3) is 3.30. The van der Waals surface area contributed by atoms with E-state index in [4.69, 9.17) is 18.9 Å². The average molecular weight is 408 g/mol. The fourth-order valence-electron chi connectivity index (χ4n) is 3.20. The molecule has 0 unspecified atom stereocenters. The first-order chi connectivity index (χ1) is 14.6. The number of rotatable bonds is 6. The molecule has 0 fully saturated rings. The minimum absolute atomic E-state index is 0.330. The van der Waals surface area contributed by atoms with Gasteiger partial charge in [0.25, 0.3) is 5.91 Å². The van der Waals surface area contributed by atoms with Crippen molar-refractivity contribution in [2.45, 2.75) is 0 Å². The lowest BCUT2D eigenvalue weighted by Crippen LogP contribution is -2.13. The lowest BCUT2D eigenvalue weighted by Gasteiger charge is -2.13. The molecule has 9 nitrogen and oxygen atoms in total. The quantitative estimate of drug-likeness (QED) is 0.503. The van der Waals surface area contributed by atoms with Crippen LogP contribution in [0.25, 0.3) is 21.9 Å². The number of hydrogen-bond acceptors (Lipinski definition) is 7. The zero-order chi connectivity index (χ0) is 21.3. The van der Waals surface area contributed by atoms with Gasteiger partial charge in [0.2, 0.25) is 5.75 Å². The van der Waals surface area contributed by atoms with E-state index >= 15 is 0 Å². The van der Waals surface area contributed by atoms with Gasteiger partial charge >= 0.3 is 0 Å². The molecule has 0 saturated heterocycles. The van der Waals surface area contributed by atoms with E-state index < -0.39 is 0 Å². The van der Waals surface area contributed by atoms with Crippen molar-refractivity contribution in [3.8, 4) is 23.0 Å². The van der Waals surface area contributed by atoms with Crippen LogP contribution < -0.4 is 24.3 Å². The molecule has 0 radical (unpaired) electrons. The van der Waals surface area contributed by atoms with Crippen LogP contribution in [0.4, 0.5) is 5.82 Å². The minimum atomic E-state index is -0.381. The van der Waals surface area contributed by atoms with Crippen LogP contribution in [0.1, 0.15) is 10.4 Å². The van der Waals surface area contributed by atoms with E-state index in [1.165, 1.54) is 21.3 Å². The summed E-state index contributed by atoms with van der Waals surface area (Å²) in [6.45, 7) is 0. The molecule has 9 heteroatoms. The number of carbonyl (C=O) groups is 1. The highest BCUT2D eigenvalue weighted by molar-refractivity contribution is 6.09. The fourth-order valence-corrected chi connectivity index (χ4v) is 3.20. The summed E-state index contributed by atoms with van der Waals surface area (Å²) in [5, 5.41) is 11.4. The SMILES string of the molecule is COc1ccc2nc3[nH]nc(NC(=O)c4cc(OC)c(OC)c(OC)c4)c3cc2c1. The largest absolute Gasteiger partial charge is 0.497 e. The number of H-pyrrole nitrogens is 1. The summed E-state index contributed by atoms with van der Waals surface area (Å²) in [5.74, 6) is 1.87. The van der Waals surface area contributed by atoms with Gasteiger partial charge in [0.1, 0.15) is 5.75 Å². The first-order valence-electron chi connectivity index (χ1n) is 9.02. The third-order valence-corrected chi connectivity index (χ3v) is 4.71. The third-order valence-electron chi connectivity index (χ3n) is 4.71. The van der Waals surface area contributed by atoms with Gasteiger partial charge in [-0.1, -0.05) is 0 Å². The predicted octanol–water partition coefficient (Wildman–Crippen LogP) is 3.40. The molecule has 2 heterocycles. The van der Waals surface area contributed by atoms with Gasteiger partial charge < -0.3 is 24.3 Å². The molecule has 2 N–H and O–H groups in total. The van der Waals surface area contributed by atoms with E-state index in [-0.39, 0.29) is 5.91 Å². The van der Waals surface area contributed by atoms with Crippen LogP contribution in [-0.4, -0.2) is 49.5 Å². The van der Waals surface area contributed by atoms with Crippen LogP contribution in [0.15, 0.2) is 36.4 Å². The van der Waals surface area contributed by atoms with Crippen molar-refractivity contribution in [2.75, 3.05) is 33.8 Å². The maximum atomic E-state index is 12.9. The number of aromatic nitrogens is 3. The average Bonchev–Trinajstić information content (AvgIpc) is 3.17. The van der Waals surface area contributed by atoms with Crippen LogP contribution in [0.5, 0.6) is 23.0 Å². The molecule has 2 aromatic carbocycles. The maximum Gasteiger partial charge on any atom is 0.257 e. The number of hydrogen-bond donors (Lipinski definition) is 2. The first-order valence-corrected chi connectivity index (χ1v) is 9.02. The van der Waals surface area contributed by atoms with Crippen LogP contribution in [0.2, 0.25) is 0 Å². The van der Waals surface area contributed by atoms with Crippen molar-refractivity contribution in [3.05, 3.63) is 42.0 Å². The van der Waals surface area contributed by atoms with Crippen molar-refractivity contribution in [1.82, 2.24) is 15.2 Å². The van der Waals surface area contributed by atoms with Gasteiger partial charge in [0, 0.05) is 10.9 Å². The number of benzene rings is 2. The molecule has 0 saturated carbocycles. The molecule has 1 amide bonds. The molecule has 0 spiro atoms. The number of nitrogens with one attached hydrogen (secondary N) is 2.